The first-order valence-corrected chi connectivity index (χ1v) is 6.65. The number of rotatable bonds is 2. The van der Waals surface area contributed by atoms with Crippen LogP contribution in [0, 0.1) is 18.3 Å². The van der Waals surface area contributed by atoms with E-state index in [4.69, 9.17) is 21.6 Å². The highest BCUT2D eigenvalue weighted by Crippen LogP contribution is 2.32. The topological polar surface area (TPSA) is 58.8 Å². The largest absolute Gasteiger partial charge is 0.435 e. The van der Waals surface area contributed by atoms with E-state index in [2.05, 4.69) is 9.97 Å². The number of nitriles is 1. The second-order valence-electron chi connectivity index (χ2n) is 4.47. The maximum absolute atomic E-state index is 8.99. The quantitative estimate of drug-likeness (QED) is 0.709. The van der Waals surface area contributed by atoms with Crippen LogP contribution in [0.1, 0.15) is 11.3 Å². The van der Waals surface area contributed by atoms with Gasteiger partial charge < -0.3 is 4.74 Å². The zero-order chi connectivity index (χ0) is 14.8. The van der Waals surface area contributed by atoms with Crippen molar-refractivity contribution in [1.29, 1.82) is 5.26 Å². The summed E-state index contributed by atoms with van der Waals surface area (Å²) in [4.78, 5) is 8.56. The van der Waals surface area contributed by atoms with Crippen LogP contribution in [0.15, 0.2) is 42.6 Å². The molecule has 0 aliphatic rings. The van der Waals surface area contributed by atoms with Gasteiger partial charge in [-0.3, -0.25) is 0 Å². The number of nitrogens with zero attached hydrogens (tertiary/aromatic N) is 3. The lowest BCUT2D eigenvalue weighted by Gasteiger charge is -2.09. The van der Waals surface area contributed by atoms with Gasteiger partial charge in [0.05, 0.1) is 5.56 Å². The summed E-state index contributed by atoms with van der Waals surface area (Å²) in [5.74, 6) is 0.757. The molecule has 0 atom stereocenters. The summed E-state index contributed by atoms with van der Waals surface area (Å²) < 4.78 is 5.76. The molecule has 0 unspecified atom stereocenters. The smallest absolute Gasteiger partial charge is 0.239 e. The van der Waals surface area contributed by atoms with Crippen molar-refractivity contribution in [1.82, 2.24) is 9.97 Å². The molecule has 21 heavy (non-hydrogen) atoms. The molecule has 0 saturated heterocycles. The molecule has 3 rings (SSSR count). The Morgan fingerprint density at radius 3 is 2.86 bits per heavy atom. The molecular weight excluding hydrogens is 286 g/mol. The molecule has 0 amide bonds. The third-order valence-corrected chi connectivity index (χ3v) is 3.37. The van der Waals surface area contributed by atoms with Gasteiger partial charge in [0.1, 0.15) is 16.6 Å². The van der Waals surface area contributed by atoms with E-state index in [0.717, 1.165) is 16.6 Å². The Hall–Kier alpha value is -2.64. The molecule has 0 bridgehead atoms. The van der Waals surface area contributed by atoms with Crippen LogP contribution in [0.25, 0.3) is 10.9 Å². The number of hydrogen-bond donors (Lipinski definition) is 0. The molecule has 2 aromatic heterocycles. The second-order valence-corrected chi connectivity index (χ2v) is 4.85. The van der Waals surface area contributed by atoms with Crippen molar-refractivity contribution < 1.29 is 4.74 Å². The van der Waals surface area contributed by atoms with Crippen molar-refractivity contribution >= 4 is 22.5 Å². The molecule has 0 N–H and O–H groups in total. The molecule has 0 fully saturated rings. The molecule has 3 aromatic rings. The van der Waals surface area contributed by atoms with Crippen molar-refractivity contribution in [2.75, 3.05) is 0 Å². The van der Waals surface area contributed by atoms with Crippen LogP contribution in [0.3, 0.4) is 0 Å². The first-order chi connectivity index (χ1) is 10.2. The van der Waals surface area contributed by atoms with E-state index in [1.165, 1.54) is 6.20 Å². The van der Waals surface area contributed by atoms with Gasteiger partial charge in [-0.15, -0.1) is 0 Å². The summed E-state index contributed by atoms with van der Waals surface area (Å²) in [7, 11) is 0. The molecule has 2 heterocycles. The fourth-order valence-electron chi connectivity index (χ4n) is 1.99. The van der Waals surface area contributed by atoms with Crippen molar-refractivity contribution in [3.8, 4) is 17.7 Å². The molecule has 1 aromatic carbocycles. The van der Waals surface area contributed by atoms with E-state index in [1.54, 1.807) is 12.1 Å². The summed E-state index contributed by atoms with van der Waals surface area (Å²) >= 11 is 6.11. The van der Waals surface area contributed by atoms with E-state index >= 15 is 0 Å². The number of fused-ring (bicyclic) bond motifs is 1. The Bertz CT molecular complexity index is 871. The first-order valence-electron chi connectivity index (χ1n) is 6.28. The lowest BCUT2D eigenvalue weighted by molar-refractivity contribution is 0.467. The number of hydrogen-bond acceptors (Lipinski definition) is 4. The normalized spacial score (nSPS) is 10.3. The van der Waals surface area contributed by atoms with Crippen LogP contribution in [0.2, 0.25) is 5.02 Å². The molecule has 0 aliphatic heterocycles. The predicted octanol–water partition coefficient (Wildman–Crippen LogP) is 4.26. The molecular formula is C16H10ClN3O. The van der Waals surface area contributed by atoms with Crippen molar-refractivity contribution in [3.05, 3.63) is 58.9 Å². The van der Waals surface area contributed by atoms with Crippen molar-refractivity contribution in [2.45, 2.75) is 6.92 Å². The minimum atomic E-state index is 0.199. The van der Waals surface area contributed by atoms with Crippen LogP contribution in [-0.2, 0) is 0 Å². The summed E-state index contributed by atoms with van der Waals surface area (Å²) in [6.07, 6.45) is 1.49. The minimum Gasteiger partial charge on any atom is -0.435 e. The van der Waals surface area contributed by atoms with Gasteiger partial charge in [0.2, 0.25) is 5.88 Å². The lowest BCUT2D eigenvalue weighted by atomic mass is 10.2. The van der Waals surface area contributed by atoms with Gasteiger partial charge in [-0.25, -0.2) is 9.97 Å². The standard InChI is InChI=1S/C16H10ClN3O/c1-10-5-6-11-3-2-4-13(15(11)20-10)21-16-14(17)12(9-18)7-8-19-16/h2-8H,1H3. The minimum absolute atomic E-state index is 0.199. The second kappa shape index (κ2) is 5.39. The van der Waals surface area contributed by atoms with Crippen molar-refractivity contribution in [2.24, 2.45) is 0 Å². The molecule has 102 valence electrons. The third kappa shape index (κ3) is 2.51. The van der Waals surface area contributed by atoms with Crippen LogP contribution >= 0.6 is 11.6 Å². The van der Waals surface area contributed by atoms with Crippen molar-refractivity contribution in [3.63, 3.8) is 0 Å². The van der Waals surface area contributed by atoms with E-state index in [0.29, 0.717) is 11.3 Å². The van der Waals surface area contributed by atoms with E-state index in [1.807, 2.05) is 37.3 Å². The molecule has 5 heteroatoms. The third-order valence-electron chi connectivity index (χ3n) is 3.01. The number of benzene rings is 1. The number of aromatic nitrogens is 2. The molecule has 0 spiro atoms. The summed E-state index contributed by atoms with van der Waals surface area (Å²) in [6.45, 7) is 1.91. The SMILES string of the molecule is Cc1ccc2cccc(Oc3nccc(C#N)c3Cl)c2n1. The average Bonchev–Trinajstić information content (AvgIpc) is 2.50. The number of para-hydroxylation sites is 1. The van der Waals surface area contributed by atoms with Gasteiger partial charge in [-0.2, -0.15) is 5.26 Å². The Morgan fingerprint density at radius 2 is 2.05 bits per heavy atom. The maximum atomic E-state index is 8.99. The predicted molar refractivity (Wildman–Crippen MR) is 80.5 cm³/mol. The molecule has 0 aliphatic carbocycles. The van der Waals surface area contributed by atoms with E-state index in [9.17, 15) is 0 Å². The highest BCUT2D eigenvalue weighted by atomic mass is 35.5. The highest BCUT2D eigenvalue weighted by Gasteiger charge is 2.12. The highest BCUT2D eigenvalue weighted by molar-refractivity contribution is 6.33. The molecule has 0 radical (unpaired) electrons. The Balaban J connectivity index is 2.11. The van der Waals surface area contributed by atoms with Crippen LogP contribution in [0.5, 0.6) is 11.6 Å². The molecule has 0 saturated carbocycles. The fraction of sp³-hybridized carbons (Fsp3) is 0.0625. The molecule has 4 nitrogen and oxygen atoms in total. The Labute approximate surface area is 126 Å². The maximum Gasteiger partial charge on any atom is 0.239 e. The fourth-order valence-corrected chi connectivity index (χ4v) is 2.18. The number of pyridine rings is 2. The summed E-state index contributed by atoms with van der Waals surface area (Å²) in [5.41, 5.74) is 1.95. The zero-order valence-corrected chi connectivity index (χ0v) is 11.9. The Kier molecular flexibility index (Phi) is 3.43. The Morgan fingerprint density at radius 1 is 1.19 bits per heavy atom. The van der Waals surface area contributed by atoms with Crippen LogP contribution < -0.4 is 4.74 Å². The number of aryl methyl sites for hydroxylation is 1. The van der Waals surface area contributed by atoms with Crippen LogP contribution in [0.4, 0.5) is 0 Å². The first kappa shape index (κ1) is 13.3. The summed E-state index contributed by atoms with van der Waals surface area (Å²) in [5, 5.41) is 10.1. The number of ether oxygens (including phenoxy) is 1. The number of halogens is 1. The van der Waals surface area contributed by atoms with Gasteiger partial charge in [-0.05, 0) is 25.1 Å². The van der Waals surface area contributed by atoms with E-state index in [-0.39, 0.29) is 10.9 Å². The summed E-state index contributed by atoms with van der Waals surface area (Å²) in [6, 6.07) is 13.1. The van der Waals surface area contributed by atoms with Gasteiger partial charge in [0, 0.05) is 17.3 Å². The van der Waals surface area contributed by atoms with Gasteiger partial charge >= 0.3 is 0 Å². The van der Waals surface area contributed by atoms with Gasteiger partial charge in [0.25, 0.3) is 0 Å². The average molecular weight is 296 g/mol. The van der Waals surface area contributed by atoms with Gasteiger partial charge in [0.15, 0.2) is 5.75 Å². The van der Waals surface area contributed by atoms with Gasteiger partial charge in [-0.1, -0.05) is 29.8 Å². The lowest BCUT2D eigenvalue weighted by Crippen LogP contribution is -1.93. The zero-order valence-electron chi connectivity index (χ0n) is 11.2. The monoisotopic (exact) mass is 295 g/mol. The van der Waals surface area contributed by atoms with E-state index < -0.39 is 0 Å². The van der Waals surface area contributed by atoms with Crippen LogP contribution in [-0.4, -0.2) is 9.97 Å².